The molecule has 0 atom stereocenters. The lowest BCUT2D eigenvalue weighted by Gasteiger charge is -2.26. The molecule has 0 saturated carbocycles. The van der Waals surface area contributed by atoms with Gasteiger partial charge in [0.25, 0.3) is 0 Å². The molecule has 9 rings (SSSR count). The summed E-state index contributed by atoms with van der Waals surface area (Å²) in [5, 5.41) is 13.2. The lowest BCUT2D eigenvalue weighted by molar-refractivity contribution is 0.477. The minimum absolute atomic E-state index is 0.0403. The van der Waals surface area contributed by atoms with E-state index in [1.54, 1.807) is 6.07 Å². The predicted molar refractivity (Wildman–Crippen MR) is 238 cm³/mol. The van der Waals surface area contributed by atoms with Crippen molar-refractivity contribution in [2.24, 2.45) is 0 Å². The highest BCUT2D eigenvalue weighted by molar-refractivity contribution is 6.05. The van der Waals surface area contributed by atoms with Gasteiger partial charge in [-0.25, -0.2) is 4.98 Å². The zero-order valence-corrected chi connectivity index (χ0v) is 34.0. The van der Waals surface area contributed by atoms with Gasteiger partial charge in [-0.1, -0.05) is 114 Å². The standard InChI is InChI=1S/C53H46N2O3/c1-32-23-38(49-22-21-48(57-49)35-19-20-42-41-15-9-11-18-50(41)58-51(42)30-35)29-44(54-32)33-13-12-14-34(24-33)45-27-37(28-46(55-45)43-16-8-10-17-47(43)56)36-25-39(52(2,3)4)31-40(26-36)53(5,6)7/h8-31,56H,1-7H3. The monoisotopic (exact) mass is 758 g/mol. The Hall–Kier alpha value is -6.72. The van der Waals surface area contributed by atoms with E-state index in [1.807, 2.05) is 61.5 Å². The predicted octanol–water partition coefficient (Wildman–Crippen LogP) is 14.6. The molecule has 9 aromatic rings. The Morgan fingerprint density at radius 1 is 0.431 bits per heavy atom. The van der Waals surface area contributed by atoms with Gasteiger partial charge in [-0.3, -0.25) is 4.98 Å². The summed E-state index contributed by atoms with van der Waals surface area (Å²) in [5.41, 5.74) is 14.1. The van der Waals surface area contributed by atoms with E-state index in [9.17, 15) is 5.11 Å². The van der Waals surface area contributed by atoms with Crippen molar-refractivity contribution in [2.75, 3.05) is 0 Å². The number of rotatable bonds is 6. The van der Waals surface area contributed by atoms with Crippen LogP contribution < -0.4 is 0 Å². The van der Waals surface area contributed by atoms with E-state index in [4.69, 9.17) is 18.8 Å². The molecular formula is C53H46N2O3. The molecule has 0 saturated heterocycles. The third-order valence-electron chi connectivity index (χ3n) is 11.0. The Morgan fingerprint density at radius 2 is 1.03 bits per heavy atom. The molecule has 0 bridgehead atoms. The van der Waals surface area contributed by atoms with Gasteiger partial charge in [0.15, 0.2) is 0 Å². The number of benzene rings is 5. The number of nitrogens with zero attached hydrogens (tertiary/aromatic N) is 2. The van der Waals surface area contributed by atoms with Crippen LogP contribution in [0.3, 0.4) is 0 Å². The Labute approximate surface area is 339 Å². The van der Waals surface area contributed by atoms with Crippen LogP contribution in [0.5, 0.6) is 5.75 Å². The summed E-state index contributed by atoms with van der Waals surface area (Å²) in [6.45, 7) is 15.6. The van der Waals surface area contributed by atoms with Crippen molar-refractivity contribution < 1.29 is 13.9 Å². The number of phenolic OH excluding ortho intramolecular Hbond substituents is 1. The highest BCUT2D eigenvalue weighted by Gasteiger charge is 2.22. The second-order valence-corrected chi connectivity index (χ2v) is 17.4. The average molecular weight is 759 g/mol. The van der Waals surface area contributed by atoms with Crippen molar-refractivity contribution in [1.29, 1.82) is 0 Å². The first-order valence-electron chi connectivity index (χ1n) is 19.9. The normalized spacial score (nSPS) is 12.1. The van der Waals surface area contributed by atoms with Gasteiger partial charge in [0.1, 0.15) is 28.4 Å². The van der Waals surface area contributed by atoms with Crippen molar-refractivity contribution in [2.45, 2.75) is 59.3 Å². The van der Waals surface area contributed by atoms with Gasteiger partial charge >= 0.3 is 0 Å². The number of hydrogen-bond acceptors (Lipinski definition) is 5. The number of aromatic hydroxyl groups is 1. The van der Waals surface area contributed by atoms with Crippen molar-refractivity contribution in [3.8, 4) is 73.3 Å². The number of hydrogen-bond donors (Lipinski definition) is 1. The molecule has 5 heteroatoms. The Bertz CT molecular complexity index is 2970. The van der Waals surface area contributed by atoms with Crippen LogP contribution >= 0.6 is 0 Å². The van der Waals surface area contributed by atoms with Crippen LogP contribution in [0.1, 0.15) is 58.4 Å². The SMILES string of the molecule is Cc1cc(-c2ccc(-c3ccc4c(c3)oc3ccccc34)o2)cc(-c2cccc(-c3cc(-c4cc(C(C)(C)C)cc(C(C)(C)C)c4)cc(-c4ccccc4O)n3)c2)n1. The molecule has 0 aliphatic carbocycles. The van der Waals surface area contributed by atoms with Gasteiger partial charge in [-0.2, -0.15) is 0 Å². The number of pyridine rings is 2. The molecule has 1 N–H and O–H groups in total. The average Bonchev–Trinajstić information content (AvgIpc) is 3.85. The van der Waals surface area contributed by atoms with E-state index in [0.29, 0.717) is 11.3 Å². The molecule has 0 radical (unpaired) electrons. The first-order valence-corrected chi connectivity index (χ1v) is 19.9. The van der Waals surface area contributed by atoms with E-state index < -0.39 is 0 Å². The second kappa shape index (κ2) is 14.0. The van der Waals surface area contributed by atoms with Crippen LogP contribution in [0.4, 0.5) is 0 Å². The molecule has 286 valence electrons. The lowest BCUT2D eigenvalue weighted by Crippen LogP contribution is -2.16. The smallest absolute Gasteiger partial charge is 0.136 e. The first-order chi connectivity index (χ1) is 27.8. The van der Waals surface area contributed by atoms with Crippen LogP contribution in [0.25, 0.3) is 89.5 Å². The van der Waals surface area contributed by atoms with Crippen LogP contribution in [0.15, 0.2) is 154 Å². The molecule has 0 aliphatic rings. The zero-order valence-electron chi connectivity index (χ0n) is 34.0. The lowest BCUT2D eigenvalue weighted by atomic mass is 9.79. The fraction of sp³-hybridized carbons (Fsp3) is 0.170. The van der Waals surface area contributed by atoms with Gasteiger partial charge in [0, 0.05) is 44.3 Å². The van der Waals surface area contributed by atoms with Gasteiger partial charge in [-0.05, 0) is 113 Å². The minimum Gasteiger partial charge on any atom is -0.507 e. The summed E-state index contributed by atoms with van der Waals surface area (Å²) in [4.78, 5) is 10.2. The number of aromatic nitrogens is 2. The summed E-state index contributed by atoms with van der Waals surface area (Å²) in [6.07, 6.45) is 0. The van der Waals surface area contributed by atoms with Gasteiger partial charge < -0.3 is 13.9 Å². The van der Waals surface area contributed by atoms with Gasteiger partial charge in [0.05, 0.1) is 17.1 Å². The molecular weight excluding hydrogens is 713 g/mol. The molecule has 0 spiro atoms. The van der Waals surface area contributed by atoms with Crippen LogP contribution in [-0.2, 0) is 10.8 Å². The fourth-order valence-electron chi connectivity index (χ4n) is 7.66. The maximum Gasteiger partial charge on any atom is 0.136 e. The number of para-hydroxylation sites is 2. The third kappa shape index (κ3) is 7.09. The van der Waals surface area contributed by atoms with Crippen LogP contribution in [0.2, 0.25) is 0 Å². The summed E-state index contributed by atoms with van der Waals surface area (Å²) in [7, 11) is 0. The molecule has 0 amide bonds. The minimum atomic E-state index is -0.0403. The van der Waals surface area contributed by atoms with E-state index in [-0.39, 0.29) is 16.6 Å². The fourth-order valence-corrected chi connectivity index (χ4v) is 7.66. The maximum atomic E-state index is 11.0. The zero-order chi connectivity index (χ0) is 40.3. The van der Waals surface area contributed by atoms with E-state index in [0.717, 1.165) is 83.9 Å². The summed E-state index contributed by atoms with van der Waals surface area (Å²) >= 11 is 0. The van der Waals surface area contributed by atoms with E-state index >= 15 is 0 Å². The van der Waals surface area contributed by atoms with Crippen molar-refractivity contribution >= 4 is 21.9 Å². The van der Waals surface area contributed by atoms with Crippen molar-refractivity contribution in [1.82, 2.24) is 9.97 Å². The van der Waals surface area contributed by atoms with Crippen molar-refractivity contribution in [3.63, 3.8) is 0 Å². The van der Waals surface area contributed by atoms with Gasteiger partial charge in [0.2, 0.25) is 0 Å². The molecule has 4 heterocycles. The number of fused-ring (bicyclic) bond motifs is 3. The highest BCUT2D eigenvalue weighted by Crippen LogP contribution is 2.40. The maximum absolute atomic E-state index is 11.0. The van der Waals surface area contributed by atoms with Crippen LogP contribution in [-0.4, -0.2) is 15.1 Å². The number of phenols is 1. The quantitative estimate of drug-likeness (QED) is 0.183. The largest absolute Gasteiger partial charge is 0.507 e. The van der Waals surface area contributed by atoms with Crippen LogP contribution in [0, 0.1) is 6.92 Å². The van der Waals surface area contributed by atoms with E-state index in [2.05, 4.69) is 126 Å². The Kier molecular flexibility index (Phi) is 8.93. The first kappa shape index (κ1) is 36.9. The molecule has 5 aromatic carbocycles. The molecule has 58 heavy (non-hydrogen) atoms. The van der Waals surface area contributed by atoms with Crippen molar-refractivity contribution in [3.05, 3.63) is 162 Å². The highest BCUT2D eigenvalue weighted by atomic mass is 16.3. The molecule has 4 aromatic heterocycles. The molecule has 0 fully saturated rings. The molecule has 5 nitrogen and oxygen atoms in total. The molecule has 0 aliphatic heterocycles. The second-order valence-electron chi connectivity index (χ2n) is 17.4. The summed E-state index contributed by atoms with van der Waals surface area (Å²) in [5.74, 6) is 1.72. The Morgan fingerprint density at radius 3 is 1.76 bits per heavy atom. The Balaban J connectivity index is 1.11. The number of furan rings is 2. The number of aryl methyl sites for hydroxylation is 1. The van der Waals surface area contributed by atoms with E-state index in [1.165, 1.54) is 11.1 Å². The van der Waals surface area contributed by atoms with Gasteiger partial charge in [-0.15, -0.1) is 0 Å². The summed E-state index contributed by atoms with van der Waals surface area (Å²) in [6, 6.07) is 49.5. The summed E-state index contributed by atoms with van der Waals surface area (Å²) < 4.78 is 12.7. The topological polar surface area (TPSA) is 72.3 Å². The third-order valence-corrected chi connectivity index (χ3v) is 11.0. The molecule has 0 unspecified atom stereocenters.